The van der Waals surface area contributed by atoms with E-state index in [0.717, 1.165) is 13.2 Å². The van der Waals surface area contributed by atoms with Gasteiger partial charge in [-0.1, -0.05) is 32.6 Å². The molecule has 1 unspecified atom stereocenters. The van der Waals surface area contributed by atoms with Crippen LogP contribution in [0.1, 0.15) is 39.0 Å². The zero-order valence-electron chi connectivity index (χ0n) is 7.34. The minimum atomic E-state index is 0.154. The Kier molecular flexibility index (Phi) is 4.55. The van der Waals surface area contributed by atoms with Gasteiger partial charge in [0.15, 0.2) is 6.29 Å². The highest BCUT2D eigenvalue weighted by molar-refractivity contribution is 4.54. The van der Waals surface area contributed by atoms with Gasteiger partial charge in [-0.25, -0.2) is 0 Å². The first-order valence-electron chi connectivity index (χ1n) is 4.66. The van der Waals surface area contributed by atoms with E-state index >= 15 is 0 Å². The summed E-state index contributed by atoms with van der Waals surface area (Å²) in [4.78, 5) is 0. The summed E-state index contributed by atoms with van der Waals surface area (Å²) in [6, 6.07) is 0. The van der Waals surface area contributed by atoms with Gasteiger partial charge < -0.3 is 9.47 Å². The third-order valence-corrected chi connectivity index (χ3v) is 1.85. The summed E-state index contributed by atoms with van der Waals surface area (Å²) >= 11 is 0. The smallest absolute Gasteiger partial charge is 0.181 e. The van der Waals surface area contributed by atoms with Crippen LogP contribution in [0.5, 0.6) is 0 Å². The van der Waals surface area contributed by atoms with Gasteiger partial charge in [0.05, 0.1) is 0 Å². The highest BCUT2D eigenvalue weighted by atomic mass is 16.8. The first kappa shape index (κ1) is 9.01. The topological polar surface area (TPSA) is 21.8 Å². The summed E-state index contributed by atoms with van der Waals surface area (Å²) in [5, 5.41) is 0. The van der Waals surface area contributed by atoms with Gasteiger partial charge in [0, 0.05) is 6.61 Å². The summed E-state index contributed by atoms with van der Waals surface area (Å²) in [5.41, 5.74) is 0. The van der Waals surface area contributed by atoms with Gasteiger partial charge in [0.25, 0.3) is 0 Å². The van der Waals surface area contributed by atoms with E-state index in [4.69, 9.17) is 9.47 Å². The summed E-state index contributed by atoms with van der Waals surface area (Å²) in [6.07, 6.45) is 6.68. The van der Waals surface area contributed by atoms with Crippen LogP contribution in [0, 0.1) is 0 Å². The maximum atomic E-state index is 5.31. The molecule has 1 atom stereocenters. The second-order valence-corrected chi connectivity index (χ2v) is 3.05. The Balaban J connectivity index is 1.66. The van der Waals surface area contributed by atoms with Gasteiger partial charge in [-0.15, -0.1) is 0 Å². The van der Waals surface area contributed by atoms with Crippen LogP contribution < -0.4 is 0 Å². The number of epoxide rings is 1. The zero-order valence-corrected chi connectivity index (χ0v) is 7.34. The lowest BCUT2D eigenvalue weighted by Crippen LogP contribution is -1.97. The van der Waals surface area contributed by atoms with Crippen LogP contribution >= 0.6 is 0 Å². The number of rotatable bonds is 7. The SMILES string of the molecule is CCCCCCCOC1CO1. The van der Waals surface area contributed by atoms with E-state index in [1.54, 1.807) is 0 Å². The van der Waals surface area contributed by atoms with Crippen molar-refractivity contribution in [1.82, 2.24) is 0 Å². The molecule has 11 heavy (non-hydrogen) atoms. The van der Waals surface area contributed by atoms with Crippen LogP contribution in [0.25, 0.3) is 0 Å². The quantitative estimate of drug-likeness (QED) is 0.419. The number of ether oxygens (including phenoxy) is 2. The largest absolute Gasteiger partial charge is 0.350 e. The average Bonchev–Trinajstić information content (AvgIpc) is 2.80. The second kappa shape index (κ2) is 5.56. The van der Waals surface area contributed by atoms with Crippen molar-refractivity contribution in [3.63, 3.8) is 0 Å². The molecule has 0 aromatic carbocycles. The molecule has 1 saturated heterocycles. The fraction of sp³-hybridized carbons (Fsp3) is 1.00. The molecule has 0 aromatic rings. The van der Waals surface area contributed by atoms with E-state index in [9.17, 15) is 0 Å². The van der Waals surface area contributed by atoms with Crippen molar-refractivity contribution in [2.75, 3.05) is 13.2 Å². The average molecular weight is 158 g/mol. The van der Waals surface area contributed by atoms with E-state index in [-0.39, 0.29) is 6.29 Å². The number of hydrogen-bond acceptors (Lipinski definition) is 2. The number of unbranched alkanes of at least 4 members (excludes halogenated alkanes) is 4. The summed E-state index contributed by atoms with van der Waals surface area (Å²) in [7, 11) is 0. The van der Waals surface area contributed by atoms with E-state index < -0.39 is 0 Å². The molecular weight excluding hydrogens is 140 g/mol. The molecule has 1 aliphatic heterocycles. The molecular formula is C9H18O2. The molecule has 1 fully saturated rings. The Morgan fingerprint density at radius 3 is 2.64 bits per heavy atom. The van der Waals surface area contributed by atoms with Gasteiger partial charge in [-0.2, -0.15) is 0 Å². The lowest BCUT2D eigenvalue weighted by molar-refractivity contribution is 0.0479. The lowest BCUT2D eigenvalue weighted by Gasteiger charge is -1.99. The molecule has 66 valence electrons. The third kappa shape index (κ3) is 5.22. The van der Waals surface area contributed by atoms with Crippen molar-refractivity contribution in [1.29, 1.82) is 0 Å². The van der Waals surface area contributed by atoms with E-state index in [2.05, 4.69) is 6.92 Å². The third-order valence-electron chi connectivity index (χ3n) is 1.85. The van der Waals surface area contributed by atoms with Gasteiger partial charge in [0.2, 0.25) is 0 Å². The maximum absolute atomic E-state index is 5.31. The van der Waals surface area contributed by atoms with Crippen molar-refractivity contribution in [2.24, 2.45) is 0 Å². The first-order chi connectivity index (χ1) is 5.43. The van der Waals surface area contributed by atoms with Gasteiger partial charge >= 0.3 is 0 Å². The molecule has 0 aliphatic carbocycles. The summed E-state index contributed by atoms with van der Waals surface area (Å²) in [5.74, 6) is 0. The monoisotopic (exact) mass is 158 g/mol. The van der Waals surface area contributed by atoms with Crippen LogP contribution in [-0.2, 0) is 9.47 Å². The molecule has 0 spiro atoms. The van der Waals surface area contributed by atoms with Crippen LogP contribution in [0.3, 0.4) is 0 Å². The molecule has 0 N–H and O–H groups in total. The maximum Gasteiger partial charge on any atom is 0.181 e. The van der Waals surface area contributed by atoms with Crippen molar-refractivity contribution in [3.05, 3.63) is 0 Å². The van der Waals surface area contributed by atoms with Crippen LogP contribution in [0.4, 0.5) is 0 Å². The Morgan fingerprint density at radius 1 is 1.27 bits per heavy atom. The Bertz CT molecular complexity index is 89.6. The zero-order chi connectivity index (χ0) is 7.94. The summed E-state index contributed by atoms with van der Waals surface area (Å²) in [6.45, 7) is 3.93. The lowest BCUT2D eigenvalue weighted by atomic mass is 10.2. The molecule has 1 heterocycles. The normalized spacial score (nSPS) is 22.1. The molecule has 0 amide bonds. The van der Waals surface area contributed by atoms with Crippen molar-refractivity contribution in [2.45, 2.75) is 45.3 Å². The van der Waals surface area contributed by atoms with Crippen LogP contribution in [0.2, 0.25) is 0 Å². The van der Waals surface area contributed by atoms with E-state index in [1.165, 1.54) is 32.1 Å². The molecule has 0 saturated carbocycles. The predicted molar refractivity (Wildman–Crippen MR) is 44.5 cm³/mol. The van der Waals surface area contributed by atoms with Crippen molar-refractivity contribution in [3.8, 4) is 0 Å². The highest BCUT2D eigenvalue weighted by Gasteiger charge is 2.22. The fourth-order valence-corrected chi connectivity index (χ4v) is 1.06. The van der Waals surface area contributed by atoms with Gasteiger partial charge in [0.1, 0.15) is 6.61 Å². The van der Waals surface area contributed by atoms with Crippen molar-refractivity contribution < 1.29 is 9.47 Å². The first-order valence-corrected chi connectivity index (χ1v) is 4.66. The number of hydrogen-bond donors (Lipinski definition) is 0. The Hall–Kier alpha value is -0.0800. The fourth-order valence-electron chi connectivity index (χ4n) is 1.06. The Morgan fingerprint density at radius 2 is 2.00 bits per heavy atom. The molecule has 0 aromatic heterocycles. The van der Waals surface area contributed by atoms with E-state index in [1.807, 2.05) is 0 Å². The molecule has 0 bridgehead atoms. The Labute approximate surface area is 68.9 Å². The molecule has 2 nitrogen and oxygen atoms in total. The highest BCUT2D eigenvalue weighted by Crippen LogP contribution is 2.11. The minimum Gasteiger partial charge on any atom is -0.350 e. The van der Waals surface area contributed by atoms with Crippen LogP contribution in [0.15, 0.2) is 0 Å². The standard InChI is InChI=1S/C9H18O2/c1-2-3-4-5-6-7-10-9-8-11-9/h9H,2-8H2,1H3. The van der Waals surface area contributed by atoms with Crippen molar-refractivity contribution >= 4 is 0 Å². The van der Waals surface area contributed by atoms with Crippen LogP contribution in [-0.4, -0.2) is 19.5 Å². The molecule has 1 rings (SSSR count). The molecule has 0 radical (unpaired) electrons. The van der Waals surface area contributed by atoms with Gasteiger partial charge in [-0.3, -0.25) is 0 Å². The van der Waals surface area contributed by atoms with Gasteiger partial charge in [-0.05, 0) is 6.42 Å². The molecule has 2 heteroatoms. The second-order valence-electron chi connectivity index (χ2n) is 3.05. The predicted octanol–water partition coefficient (Wildman–Crippen LogP) is 2.33. The summed E-state index contributed by atoms with van der Waals surface area (Å²) < 4.78 is 10.2. The van der Waals surface area contributed by atoms with E-state index in [0.29, 0.717) is 0 Å². The molecule has 1 aliphatic rings. The minimum absolute atomic E-state index is 0.154.